The minimum Gasteiger partial charge on any atom is -0.277 e. The van der Waals surface area contributed by atoms with E-state index in [9.17, 15) is 22.8 Å². The molecule has 0 N–H and O–H groups in total. The van der Waals surface area contributed by atoms with Gasteiger partial charge in [0.2, 0.25) is 0 Å². The molecule has 0 atom stereocenters. The highest BCUT2D eigenvalue weighted by molar-refractivity contribution is 6.21. The summed E-state index contributed by atoms with van der Waals surface area (Å²) >= 11 is 0. The van der Waals surface area contributed by atoms with Crippen LogP contribution in [0.3, 0.4) is 0 Å². The fourth-order valence-electron chi connectivity index (χ4n) is 1.54. The monoisotopic (exact) mass is 229 g/mol. The topological polar surface area (TPSA) is 37.4 Å². The van der Waals surface area contributed by atoms with Crippen molar-refractivity contribution in [2.75, 3.05) is 7.05 Å². The predicted octanol–water partition coefficient (Wildman–Crippen LogP) is 1.93. The van der Waals surface area contributed by atoms with E-state index in [-0.39, 0.29) is 11.1 Å². The molecule has 1 aromatic rings. The van der Waals surface area contributed by atoms with Gasteiger partial charge in [0.05, 0.1) is 16.7 Å². The Morgan fingerprint density at radius 3 is 2.19 bits per heavy atom. The highest BCUT2D eigenvalue weighted by Crippen LogP contribution is 2.32. The van der Waals surface area contributed by atoms with Gasteiger partial charge in [-0.3, -0.25) is 14.5 Å². The average Bonchev–Trinajstić information content (AvgIpc) is 2.43. The first kappa shape index (κ1) is 10.7. The molecule has 0 aliphatic carbocycles. The van der Waals surface area contributed by atoms with E-state index in [0.717, 1.165) is 17.0 Å². The van der Waals surface area contributed by atoms with Gasteiger partial charge in [-0.15, -0.1) is 0 Å². The van der Waals surface area contributed by atoms with Crippen molar-refractivity contribution < 1.29 is 22.8 Å². The second-order valence-electron chi connectivity index (χ2n) is 3.43. The van der Waals surface area contributed by atoms with E-state index < -0.39 is 23.6 Å². The summed E-state index contributed by atoms with van der Waals surface area (Å²) in [6, 6.07) is 2.53. The van der Waals surface area contributed by atoms with Crippen LogP contribution in [0.2, 0.25) is 0 Å². The lowest BCUT2D eigenvalue weighted by Gasteiger charge is -2.06. The van der Waals surface area contributed by atoms with Crippen LogP contribution in [-0.4, -0.2) is 23.8 Å². The number of benzene rings is 1. The summed E-state index contributed by atoms with van der Waals surface area (Å²) in [5, 5.41) is 0. The van der Waals surface area contributed by atoms with Crippen molar-refractivity contribution in [2.24, 2.45) is 0 Å². The molecule has 84 valence electrons. The van der Waals surface area contributed by atoms with E-state index in [1.165, 1.54) is 7.05 Å². The number of amides is 2. The molecule has 0 spiro atoms. The molecule has 6 heteroatoms. The number of nitrogens with zero attached hydrogens (tertiary/aromatic N) is 1. The largest absolute Gasteiger partial charge is 0.416 e. The second-order valence-corrected chi connectivity index (χ2v) is 3.43. The summed E-state index contributed by atoms with van der Waals surface area (Å²) in [5.74, 6) is -1.28. The highest BCUT2D eigenvalue weighted by Gasteiger charge is 2.37. The number of rotatable bonds is 0. The lowest BCUT2D eigenvalue weighted by Crippen LogP contribution is -2.24. The van der Waals surface area contributed by atoms with Crippen LogP contribution in [0.25, 0.3) is 0 Å². The first-order chi connectivity index (χ1) is 7.32. The Morgan fingerprint density at radius 2 is 1.62 bits per heavy atom. The number of hydrogen-bond donors (Lipinski definition) is 0. The molecule has 2 amide bonds. The molecule has 1 aromatic carbocycles. The Morgan fingerprint density at radius 1 is 1.06 bits per heavy atom. The zero-order chi connectivity index (χ0) is 12.1. The van der Waals surface area contributed by atoms with E-state index in [1.54, 1.807) is 0 Å². The maximum absolute atomic E-state index is 12.4. The van der Waals surface area contributed by atoms with Gasteiger partial charge in [0.25, 0.3) is 11.8 Å². The first-order valence-electron chi connectivity index (χ1n) is 4.36. The molecule has 0 saturated carbocycles. The van der Waals surface area contributed by atoms with Crippen LogP contribution in [0.1, 0.15) is 26.3 Å². The Bertz CT molecular complexity index is 493. The molecular weight excluding hydrogens is 223 g/mol. The standard InChI is InChI=1S/C10H6F3NO2/c1-14-8(15)6-3-2-5(10(11,12)13)4-7(6)9(14)16/h2-4H,1H3. The highest BCUT2D eigenvalue weighted by atomic mass is 19.4. The first-order valence-corrected chi connectivity index (χ1v) is 4.36. The lowest BCUT2D eigenvalue weighted by molar-refractivity contribution is -0.137. The maximum Gasteiger partial charge on any atom is 0.416 e. The molecule has 0 saturated heterocycles. The molecule has 0 aromatic heterocycles. The maximum atomic E-state index is 12.4. The van der Waals surface area contributed by atoms with E-state index in [2.05, 4.69) is 0 Å². The van der Waals surface area contributed by atoms with Crippen molar-refractivity contribution in [3.63, 3.8) is 0 Å². The van der Waals surface area contributed by atoms with E-state index >= 15 is 0 Å². The molecular formula is C10H6F3NO2. The van der Waals surface area contributed by atoms with Crippen LogP contribution in [0.4, 0.5) is 13.2 Å². The van der Waals surface area contributed by atoms with Crippen molar-refractivity contribution in [2.45, 2.75) is 6.18 Å². The van der Waals surface area contributed by atoms with Crippen LogP contribution >= 0.6 is 0 Å². The quantitative estimate of drug-likeness (QED) is 0.637. The SMILES string of the molecule is CN1C(=O)c2ccc(C(F)(F)F)cc2C1=O. The molecule has 1 heterocycles. The van der Waals surface area contributed by atoms with Gasteiger partial charge >= 0.3 is 6.18 Å². The third kappa shape index (κ3) is 1.37. The Labute approximate surface area is 88.5 Å². The normalized spacial score (nSPS) is 15.6. The Balaban J connectivity index is 2.58. The Hall–Kier alpha value is -1.85. The van der Waals surface area contributed by atoms with E-state index in [1.807, 2.05) is 0 Å². The summed E-state index contributed by atoms with van der Waals surface area (Å²) in [5.41, 5.74) is -1.11. The van der Waals surface area contributed by atoms with Gasteiger partial charge in [-0.05, 0) is 18.2 Å². The van der Waals surface area contributed by atoms with Gasteiger partial charge in [0.1, 0.15) is 0 Å². The molecule has 0 bridgehead atoms. The molecule has 1 aliphatic rings. The zero-order valence-corrected chi connectivity index (χ0v) is 8.13. The molecule has 2 rings (SSSR count). The molecule has 1 aliphatic heterocycles. The summed E-state index contributed by atoms with van der Waals surface area (Å²) in [6.07, 6.45) is -4.51. The minimum absolute atomic E-state index is 0.0144. The molecule has 0 unspecified atom stereocenters. The third-order valence-electron chi connectivity index (χ3n) is 2.42. The van der Waals surface area contributed by atoms with Gasteiger partial charge < -0.3 is 0 Å². The van der Waals surface area contributed by atoms with Crippen molar-refractivity contribution in [3.8, 4) is 0 Å². The number of alkyl halides is 3. The summed E-state index contributed by atoms with van der Waals surface area (Å²) in [6.45, 7) is 0. The summed E-state index contributed by atoms with van der Waals surface area (Å²) < 4.78 is 37.1. The van der Waals surface area contributed by atoms with E-state index in [4.69, 9.17) is 0 Å². The fraction of sp³-hybridized carbons (Fsp3) is 0.200. The molecule has 16 heavy (non-hydrogen) atoms. The van der Waals surface area contributed by atoms with Gasteiger partial charge in [-0.2, -0.15) is 13.2 Å². The van der Waals surface area contributed by atoms with Gasteiger partial charge in [0.15, 0.2) is 0 Å². The zero-order valence-electron chi connectivity index (χ0n) is 8.13. The van der Waals surface area contributed by atoms with Crippen molar-refractivity contribution in [1.29, 1.82) is 0 Å². The van der Waals surface area contributed by atoms with Crippen LogP contribution in [0.15, 0.2) is 18.2 Å². The van der Waals surface area contributed by atoms with Crippen molar-refractivity contribution in [1.82, 2.24) is 4.90 Å². The predicted molar refractivity (Wildman–Crippen MR) is 47.9 cm³/mol. The summed E-state index contributed by atoms with van der Waals surface area (Å²) in [7, 11) is 1.23. The summed E-state index contributed by atoms with van der Waals surface area (Å²) in [4.78, 5) is 23.6. The molecule has 3 nitrogen and oxygen atoms in total. The van der Waals surface area contributed by atoms with E-state index in [0.29, 0.717) is 6.07 Å². The van der Waals surface area contributed by atoms with Crippen LogP contribution in [-0.2, 0) is 6.18 Å². The van der Waals surface area contributed by atoms with Crippen molar-refractivity contribution >= 4 is 11.8 Å². The Kier molecular flexibility index (Phi) is 2.04. The van der Waals surface area contributed by atoms with Crippen LogP contribution < -0.4 is 0 Å². The second kappa shape index (κ2) is 3.07. The number of imide groups is 1. The van der Waals surface area contributed by atoms with Crippen LogP contribution in [0.5, 0.6) is 0 Å². The number of carbonyl (C=O) groups is 2. The lowest BCUT2D eigenvalue weighted by atomic mass is 10.1. The number of hydrogen-bond acceptors (Lipinski definition) is 2. The fourth-order valence-corrected chi connectivity index (χ4v) is 1.54. The number of carbonyl (C=O) groups excluding carboxylic acids is 2. The number of halogens is 3. The van der Waals surface area contributed by atoms with Gasteiger partial charge in [-0.1, -0.05) is 0 Å². The average molecular weight is 229 g/mol. The number of fused-ring (bicyclic) bond motifs is 1. The van der Waals surface area contributed by atoms with Gasteiger partial charge in [0, 0.05) is 7.05 Å². The van der Waals surface area contributed by atoms with Crippen LogP contribution in [0, 0.1) is 0 Å². The smallest absolute Gasteiger partial charge is 0.277 e. The molecule has 0 fully saturated rings. The third-order valence-corrected chi connectivity index (χ3v) is 2.42. The van der Waals surface area contributed by atoms with Gasteiger partial charge in [-0.25, -0.2) is 0 Å². The van der Waals surface area contributed by atoms with Crippen molar-refractivity contribution in [3.05, 3.63) is 34.9 Å². The molecule has 0 radical (unpaired) electrons. The minimum atomic E-state index is -4.51.